The maximum Gasteiger partial charge on any atom is 0.0645 e. The summed E-state index contributed by atoms with van der Waals surface area (Å²) in [5.41, 5.74) is 6.06. The lowest BCUT2D eigenvalue weighted by atomic mass is 9.79. The van der Waals surface area contributed by atoms with Crippen LogP contribution in [0.4, 0.5) is 11.4 Å². The molecule has 2 aromatic carbocycles. The molecule has 0 aliphatic carbocycles. The first-order valence-corrected chi connectivity index (χ1v) is 9.32. The molecular weight excluding hydrogens is 351 g/mol. The second-order valence-corrected chi connectivity index (χ2v) is 8.42. The number of rotatable bonds is 2. The molecular formula is C21H24Cl2N2. The molecule has 0 spiro atoms. The Balaban J connectivity index is 1.98. The Kier molecular flexibility index (Phi) is 4.87. The molecule has 132 valence electrons. The summed E-state index contributed by atoms with van der Waals surface area (Å²) in [6.07, 6.45) is 3.06. The predicted octanol–water partition coefficient (Wildman–Crippen LogP) is 6.77. The van der Waals surface area contributed by atoms with Crippen LogP contribution >= 0.6 is 23.2 Å². The summed E-state index contributed by atoms with van der Waals surface area (Å²) < 4.78 is 0. The summed E-state index contributed by atoms with van der Waals surface area (Å²) in [5, 5.41) is 1.07. The number of nitrogens with zero attached hydrogens (tertiary/aromatic N) is 2. The quantitative estimate of drug-likeness (QED) is 0.529. The van der Waals surface area contributed by atoms with Gasteiger partial charge in [0.25, 0.3) is 0 Å². The van der Waals surface area contributed by atoms with Crippen molar-refractivity contribution in [1.29, 1.82) is 0 Å². The Morgan fingerprint density at radius 1 is 1.16 bits per heavy atom. The molecule has 1 atom stereocenters. The molecule has 0 bridgehead atoms. The van der Waals surface area contributed by atoms with Gasteiger partial charge in [-0.2, -0.15) is 0 Å². The predicted molar refractivity (Wildman–Crippen MR) is 110 cm³/mol. The summed E-state index contributed by atoms with van der Waals surface area (Å²) in [5.74, 6) is 0.527. The molecule has 0 fully saturated rings. The van der Waals surface area contributed by atoms with E-state index in [1.165, 1.54) is 16.8 Å². The Morgan fingerprint density at radius 2 is 1.88 bits per heavy atom. The number of halogens is 2. The minimum absolute atomic E-state index is 0.175. The number of hydrogen-bond donors (Lipinski definition) is 0. The first-order valence-electron chi connectivity index (χ1n) is 8.56. The van der Waals surface area contributed by atoms with Gasteiger partial charge in [-0.05, 0) is 80.1 Å². The molecule has 25 heavy (non-hydrogen) atoms. The number of hydrogen-bond acceptors (Lipinski definition) is 2. The van der Waals surface area contributed by atoms with Crippen molar-refractivity contribution in [1.82, 2.24) is 0 Å². The monoisotopic (exact) mass is 374 g/mol. The van der Waals surface area contributed by atoms with Gasteiger partial charge in [-0.25, -0.2) is 0 Å². The number of aryl methyl sites for hydroxylation is 1. The van der Waals surface area contributed by atoms with Gasteiger partial charge in [-0.1, -0.05) is 30.1 Å². The minimum Gasteiger partial charge on any atom is -0.369 e. The van der Waals surface area contributed by atoms with Crippen molar-refractivity contribution in [2.45, 2.75) is 45.6 Å². The van der Waals surface area contributed by atoms with Crippen molar-refractivity contribution in [3.8, 4) is 0 Å². The van der Waals surface area contributed by atoms with Gasteiger partial charge in [0.2, 0.25) is 0 Å². The van der Waals surface area contributed by atoms with Crippen LogP contribution in [0.25, 0.3) is 0 Å². The zero-order chi connectivity index (χ0) is 18.4. The van der Waals surface area contributed by atoms with Gasteiger partial charge in [0, 0.05) is 24.5 Å². The molecule has 1 unspecified atom stereocenters. The zero-order valence-electron chi connectivity index (χ0n) is 15.4. The fourth-order valence-corrected chi connectivity index (χ4v) is 3.88. The Labute approximate surface area is 160 Å². The highest BCUT2D eigenvalue weighted by atomic mass is 35.5. The van der Waals surface area contributed by atoms with Crippen LogP contribution in [0.1, 0.15) is 49.8 Å². The van der Waals surface area contributed by atoms with E-state index in [1.807, 2.05) is 12.3 Å². The molecule has 0 saturated carbocycles. The second-order valence-electron chi connectivity index (χ2n) is 7.60. The van der Waals surface area contributed by atoms with Gasteiger partial charge >= 0.3 is 0 Å². The van der Waals surface area contributed by atoms with Crippen LogP contribution in [0, 0.1) is 6.92 Å². The number of anilines is 1. The van der Waals surface area contributed by atoms with E-state index in [2.05, 4.69) is 56.8 Å². The van der Waals surface area contributed by atoms with Crippen molar-refractivity contribution in [2.24, 2.45) is 4.99 Å². The summed E-state index contributed by atoms with van der Waals surface area (Å²) in [6, 6.07) is 9.99. The lowest BCUT2D eigenvalue weighted by Gasteiger charge is -2.45. The van der Waals surface area contributed by atoms with E-state index in [9.17, 15) is 0 Å². The van der Waals surface area contributed by atoms with E-state index in [0.29, 0.717) is 16.0 Å². The van der Waals surface area contributed by atoms with Crippen LogP contribution in [0.3, 0.4) is 0 Å². The lowest BCUT2D eigenvalue weighted by Crippen LogP contribution is -2.45. The highest BCUT2D eigenvalue weighted by Crippen LogP contribution is 2.43. The fraction of sp³-hybridized carbons (Fsp3) is 0.381. The maximum absolute atomic E-state index is 6.07. The Bertz CT molecular complexity index is 840. The van der Waals surface area contributed by atoms with E-state index in [-0.39, 0.29) is 5.54 Å². The van der Waals surface area contributed by atoms with Gasteiger partial charge in [0.05, 0.1) is 15.7 Å². The molecule has 3 rings (SSSR count). The third-order valence-corrected chi connectivity index (χ3v) is 6.02. The van der Waals surface area contributed by atoms with E-state index >= 15 is 0 Å². The molecule has 1 heterocycles. The average molecular weight is 375 g/mol. The Hall–Kier alpha value is -1.51. The molecule has 2 nitrogen and oxygen atoms in total. The van der Waals surface area contributed by atoms with E-state index in [1.54, 1.807) is 12.1 Å². The van der Waals surface area contributed by atoms with Crippen LogP contribution in [0.2, 0.25) is 10.0 Å². The topological polar surface area (TPSA) is 15.6 Å². The molecule has 0 aromatic heterocycles. The summed E-state index contributed by atoms with van der Waals surface area (Å²) in [7, 11) is 2.19. The highest BCUT2D eigenvalue weighted by molar-refractivity contribution is 6.42. The normalized spacial score (nSPS) is 19.3. The second kappa shape index (κ2) is 6.66. The van der Waals surface area contributed by atoms with E-state index in [0.717, 1.165) is 17.7 Å². The largest absolute Gasteiger partial charge is 0.369 e. The molecule has 1 aliphatic rings. The van der Waals surface area contributed by atoms with Crippen molar-refractivity contribution in [3.63, 3.8) is 0 Å². The van der Waals surface area contributed by atoms with Crippen LogP contribution in [-0.2, 0) is 0 Å². The third-order valence-electron chi connectivity index (χ3n) is 5.28. The summed E-state index contributed by atoms with van der Waals surface area (Å²) >= 11 is 12.0. The van der Waals surface area contributed by atoms with E-state index < -0.39 is 0 Å². The van der Waals surface area contributed by atoms with Crippen molar-refractivity contribution < 1.29 is 0 Å². The van der Waals surface area contributed by atoms with Gasteiger partial charge in [0.1, 0.15) is 0 Å². The molecule has 0 N–H and O–H groups in total. The first-order chi connectivity index (χ1) is 11.7. The van der Waals surface area contributed by atoms with Crippen LogP contribution < -0.4 is 4.90 Å². The van der Waals surface area contributed by atoms with Gasteiger partial charge in [0.15, 0.2) is 0 Å². The molecule has 0 radical (unpaired) electrons. The third kappa shape index (κ3) is 3.56. The van der Waals surface area contributed by atoms with Gasteiger partial charge in [-0.3, -0.25) is 4.99 Å². The van der Waals surface area contributed by atoms with E-state index in [4.69, 9.17) is 23.2 Å². The molecule has 2 aromatic rings. The first kappa shape index (κ1) is 18.3. The van der Waals surface area contributed by atoms with Crippen molar-refractivity contribution in [3.05, 3.63) is 57.1 Å². The number of fused-ring (bicyclic) bond motifs is 1. The molecule has 0 amide bonds. The number of aliphatic imine (C=N–C) groups is 1. The SMILES string of the molecule is Cc1cc2c(cc1C=Nc1ccc(Cl)c(Cl)c1)C(C)CC(C)(C)N2C. The molecule has 1 aliphatic heterocycles. The van der Waals surface area contributed by atoms with Gasteiger partial charge < -0.3 is 4.90 Å². The lowest BCUT2D eigenvalue weighted by molar-refractivity contribution is 0.395. The van der Waals surface area contributed by atoms with Crippen molar-refractivity contribution in [2.75, 3.05) is 11.9 Å². The summed E-state index contributed by atoms with van der Waals surface area (Å²) in [6.45, 7) is 9.06. The highest BCUT2D eigenvalue weighted by Gasteiger charge is 2.34. The zero-order valence-corrected chi connectivity index (χ0v) is 16.9. The van der Waals surface area contributed by atoms with Crippen LogP contribution in [0.15, 0.2) is 35.3 Å². The number of benzene rings is 2. The standard InChI is InChI=1S/C21H24Cl2N2/c1-13-8-20-17(14(2)11-21(3,4)25(20)5)9-15(13)12-24-16-6-7-18(22)19(23)10-16/h6-10,12,14H,11H2,1-5H3. The average Bonchev–Trinajstić information content (AvgIpc) is 2.54. The smallest absolute Gasteiger partial charge is 0.0645 e. The van der Waals surface area contributed by atoms with Gasteiger partial charge in [-0.15, -0.1) is 0 Å². The van der Waals surface area contributed by atoms with Crippen molar-refractivity contribution >= 4 is 40.8 Å². The molecule has 4 heteroatoms. The Morgan fingerprint density at radius 3 is 2.56 bits per heavy atom. The summed E-state index contributed by atoms with van der Waals surface area (Å²) in [4.78, 5) is 6.98. The maximum atomic E-state index is 6.07. The molecule has 0 saturated heterocycles. The van der Waals surface area contributed by atoms with Crippen LogP contribution in [-0.4, -0.2) is 18.8 Å². The minimum atomic E-state index is 0.175. The van der Waals surface area contributed by atoms with Crippen LogP contribution in [0.5, 0.6) is 0 Å². The fourth-order valence-electron chi connectivity index (χ4n) is 3.58.